The van der Waals surface area contributed by atoms with Gasteiger partial charge in [0, 0.05) is 10.6 Å². The van der Waals surface area contributed by atoms with Crippen molar-refractivity contribution >= 4 is 23.2 Å². The summed E-state index contributed by atoms with van der Waals surface area (Å²) in [6.45, 7) is -2.88. The number of rotatable bonds is 4. The molecule has 0 aliphatic rings. The number of hydrogen-bond donors (Lipinski definition) is 0. The lowest BCUT2D eigenvalue weighted by atomic mass is 10.0. The van der Waals surface area contributed by atoms with Crippen LogP contribution in [0.4, 0.5) is 8.78 Å². The van der Waals surface area contributed by atoms with Crippen LogP contribution < -0.4 is 4.74 Å². The molecule has 0 saturated carbocycles. The van der Waals surface area contributed by atoms with Crippen molar-refractivity contribution in [1.82, 2.24) is 0 Å². The quantitative estimate of drug-likeness (QED) is 0.699. The summed E-state index contributed by atoms with van der Waals surface area (Å²) in [4.78, 5) is 0. The molecule has 0 heterocycles. The molecule has 2 rings (SSSR count). The Labute approximate surface area is 119 Å². The van der Waals surface area contributed by atoms with Crippen LogP contribution in [0.3, 0.4) is 0 Å². The van der Waals surface area contributed by atoms with Gasteiger partial charge in [-0.15, -0.1) is 11.6 Å². The molecule has 0 aliphatic carbocycles. The highest BCUT2D eigenvalue weighted by Gasteiger charge is 2.17. The lowest BCUT2D eigenvalue weighted by Crippen LogP contribution is -2.05. The van der Waals surface area contributed by atoms with Crippen LogP contribution in [0.1, 0.15) is 16.5 Å². The molecule has 0 amide bonds. The minimum atomic E-state index is -2.88. The molecule has 0 radical (unpaired) electrons. The third-order valence-corrected chi connectivity index (χ3v) is 3.31. The van der Waals surface area contributed by atoms with E-state index in [-0.39, 0.29) is 5.75 Å². The predicted molar refractivity (Wildman–Crippen MR) is 72.2 cm³/mol. The zero-order chi connectivity index (χ0) is 13.8. The largest absolute Gasteiger partial charge is 0.434 e. The van der Waals surface area contributed by atoms with E-state index in [9.17, 15) is 8.78 Å². The summed E-state index contributed by atoms with van der Waals surface area (Å²) >= 11 is 12.1. The third-order valence-electron chi connectivity index (χ3n) is 2.57. The first kappa shape index (κ1) is 14.1. The summed E-state index contributed by atoms with van der Waals surface area (Å²) in [6.07, 6.45) is 0. The molecule has 0 saturated heterocycles. The van der Waals surface area contributed by atoms with Gasteiger partial charge in [0.1, 0.15) is 5.75 Å². The number of ether oxygens (including phenoxy) is 1. The van der Waals surface area contributed by atoms with Crippen LogP contribution >= 0.6 is 23.2 Å². The van der Waals surface area contributed by atoms with Crippen molar-refractivity contribution in [3.8, 4) is 5.75 Å². The molecule has 0 fully saturated rings. The Morgan fingerprint density at radius 2 is 1.58 bits per heavy atom. The molecule has 5 heteroatoms. The second-order valence-electron chi connectivity index (χ2n) is 3.83. The van der Waals surface area contributed by atoms with Crippen molar-refractivity contribution in [2.24, 2.45) is 0 Å². The van der Waals surface area contributed by atoms with Gasteiger partial charge in [-0.2, -0.15) is 8.78 Å². The van der Waals surface area contributed by atoms with Crippen LogP contribution in [-0.4, -0.2) is 6.61 Å². The lowest BCUT2D eigenvalue weighted by molar-refractivity contribution is -0.0504. The van der Waals surface area contributed by atoms with Crippen LogP contribution in [0.15, 0.2) is 48.5 Å². The Morgan fingerprint density at radius 1 is 0.947 bits per heavy atom. The van der Waals surface area contributed by atoms with Crippen LogP contribution in [-0.2, 0) is 0 Å². The second-order valence-corrected chi connectivity index (χ2v) is 4.70. The van der Waals surface area contributed by atoms with Crippen molar-refractivity contribution in [2.75, 3.05) is 0 Å². The molecule has 0 aromatic heterocycles. The maximum absolute atomic E-state index is 12.3. The standard InChI is InChI=1S/C14H10Cl2F2O/c15-10-7-5-9(6-8-10)13(16)11-3-1-2-4-12(11)19-14(17)18/h1-8,13-14H. The summed E-state index contributed by atoms with van der Waals surface area (Å²) in [5.74, 6) is 0.0763. The van der Waals surface area contributed by atoms with Gasteiger partial charge in [0.05, 0.1) is 5.38 Å². The average molecular weight is 303 g/mol. The van der Waals surface area contributed by atoms with Gasteiger partial charge < -0.3 is 4.74 Å². The van der Waals surface area contributed by atoms with E-state index in [1.165, 1.54) is 6.07 Å². The molecule has 2 aromatic rings. The topological polar surface area (TPSA) is 9.23 Å². The van der Waals surface area contributed by atoms with Gasteiger partial charge in [0.25, 0.3) is 0 Å². The first-order valence-corrected chi connectivity index (χ1v) is 6.32. The lowest BCUT2D eigenvalue weighted by Gasteiger charge is -2.15. The van der Waals surface area contributed by atoms with E-state index in [0.29, 0.717) is 10.6 Å². The number of para-hydroxylation sites is 1. The molecule has 1 atom stereocenters. The molecule has 0 bridgehead atoms. The van der Waals surface area contributed by atoms with Gasteiger partial charge >= 0.3 is 6.61 Å². The predicted octanol–water partition coefficient (Wildman–Crippen LogP) is 5.27. The van der Waals surface area contributed by atoms with Crippen molar-refractivity contribution in [3.05, 3.63) is 64.7 Å². The fourth-order valence-corrected chi connectivity index (χ4v) is 2.16. The van der Waals surface area contributed by atoms with Crippen LogP contribution in [0.5, 0.6) is 5.75 Å². The van der Waals surface area contributed by atoms with Crippen molar-refractivity contribution in [2.45, 2.75) is 12.0 Å². The average Bonchev–Trinajstić information content (AvgIpc) is 2.39. The Bertz CT molecular complexity index is 543. The Morgan fingerprint density at radius 3 is 2.21 bits per heavy atom. The van der Waals surface area contributed by atoms with Crippen molar-refractivity contribution in [3.63, 3.8) is 0 Å². The van der Waals surface area contributed by atoms with E-state index in [1.807, 2.05) is 0 Å². The number of halogens is 4. The monoisotopic (exact) mass is 302 g/mol. The first-order chi connectivity index (χ1) is 9.08. The van der Waals surface area contributed by atoms with Gasteiger partial charge in [-0.3, -0.25) is 0 Å². The first-order valence-electron chi connectivity index (χ1n) is 5.51. The second kappa shape index (κ2) is 6.22. The molecule has 1 nitrogen and oxygen atoms in total. The highest BCUT2D eigenvalue weighted by molar-refractivity contribution is 6.30. The van der Waals surface area contributed by atoms with Crippen molar-refractivity contribution in [1.29, 1.82) is 0 Å². The number of hydrogen-bond acceptors (Lipinski definition) is 1. The molecule has 2 aromatic carbocycles. The summed E-state index contributed by atoms with van der Waals surface area (Å²) in [6, 6.07) is 13.4. The minimum absolute atomic E-state index is 0.0763. The third kappa shape index (κ3) is 3.58. The molecular formula is C14H10Cl2F2O. The number of alkyl halides is 3. The van der Waals surface area contributed by atoms with Crippen LogP contribution in [0.25, 0.3) is 0 Å². The smallest absolute Gasteiger partial charge is 0.387 e. The van der Waals surface area contributed by atoms with Gasteiger partial charge in [-0.05, 0) is 23.8 Å². The fraction of sp³-hybridized carbons (Fsp3) is 0.143. The van der Waals surface area contributed by atoms with E-state index in [0.717, 1.165) is 5.56 Å². The highest BCUT2D eigenvalue weighted by atomic mass is 35.5. The fourth-order valence-electron chi connectivity index (χ4n) is 1.70. The van der Waals surface area contributed by atoms with Gasteiger partial charge in [-0.25, -0.2) is 0 Å². The maximum Gasteiger partial charge on any atom is 0.387 e. The number of benzene rings is 2. The van der Waals surface area contributed by atoms with E-state index in [1.54, 1.807) is 42.5 Å². The molecule has 19 heavy (non-hydrogen) atoms. The van der Waals surface area contributed by atoms with E-state index in [2.05, 4.69) is 4.74 Å². The summed E-state index contributed by atoms with van der Waals surface area (Å²) < 4.78 is 29.1. The Kier molecular flexibility index (Phi) is 4.61. The highest BCUT2D eigenvalue weighted by Crippen LogP contribution is 2.35. The van der Waals surface area contributed by atoms with Gasteiger partial charge in [0.15, 0.2) is 0 Å². The summed E-state index contributed by atoms with van der Waals surface area (Å²) in [5.41, 5.74) is 1.25. The molecular weight excluding hydrogens is 293 g/mol. The Balaban J connectivity index is 2.32. The summed E-state index contributed by atoms with van der Waals surface area (Å²) in [7, 11) is 0. The van der Waals surface area contributed by atoms with Crippen molar-refractivity contribution < 1.29 is 13.5 Å². The van der Waals surface area contributed by atoms with Gasteiger partial charge in [-0.1, -0.05) is 41.9 Å². The van der Waals surface area contributed by atoms with E-state index >= 15 is 0 Å². The van der Waals surface area contributed by atoms with Gasteiger partial charge in [0.2, 0.25) is 0 Å². The van der Waals surface area contributed by atoms with Crippen LogP contribution in [0, 0.1) is 0 Å². The molecule has 100 valence electrons. The minimum Gasteiger partial charge on any atom is -0.434 e. The van der Waals surface area contributed by atoms with E-state index in [4.69, 9.17) is 23.2 Å². The summed E-state index contributed by atoms with van der Waals surface area (Å²) in [5, 5.41) is 0.0111. The molecule has 0 spiro atoms. The van der Waals surface area contributed by atoms with E-state index < -0.39 is 12.0 Å². The normalized spacial score (nSPS) is 12.5. The van der Waals surface area contributed by atoms with Crippen LogP contribution in [0.2, 0.25) is 5.02 Å². The zero-order valence-electron chi connectivity index (χ0n) is 9.69. The molecule has 0 N–H and O–H groups in total. The molecule has 1 unspecified atom stereocenters. The molecule has 0 aliphatic heterocycles. The SMILES string of the molecule is FC(F)Oc1ccccc1C(Cl)c1ccc(Cl)cc1. The maximum atomic E-state index is 12.3. The zero-order valence-corrected chi connectivity index (χ0v) is 11.2. The Hall–Kier alpha value is -1.32.